The standard InChI is InChI=1S/C23H26ClN5/c1-16-19(24)8-5-9-20(16)28-22-21(25)23(27-15-26-22)29-12-10-18(11-13-29)14-17-6-3-2-4-7-17/h2-9,15,18H,10-14,25H2,1H3,(H,26,27,28). The molecule has 3 aromatic rings. The van der Waals surface area contributed by atoms with E-state index in [0.29, 0.717) is 22.4 Å². The summed E-state index contributed by atoms with van der Waals surface area (Å²) in [6, 6.07) is 16.5. The molecule has 2 aromatic carbocycles. The molecule has 1 aromatic heterocycles. The fourth-order valence-electron chi connectivity index (χ4n) is 3.90. The van der Waals surface area contributed by atoms with Gasteiger partial charge >= 0.3 is 0 Å². The van der Waals surface area contributed by atoms with E-state index in [1.54, 1.807) is 6.33 Å². The molecule has 4 rings (SSSR count). The van der Waals surface area contributed by atoms with E-state index in [1.807, 2.05) is 25.1 Å². The highest BCUT2D eigenvalue weighted by Gasteiger charge is 2.23. The lowest BCUT2D eigenvalue weighted by Crippen LogP contribution is -2.35. The van der Waals surface area contributed by atoms with Gasteiger partial charge in [0.1, 0.15) is 12.0 Å². The summed E-state index contributed by atoms with van der Waals surface area (Å²) in [4.78, 5) is 11.1. The van der Waals surface area contributed by atoms with Gasteiger partial charge in [-0.15, -0.1) is 0 Å². The SMILES string of the molecule is Cc1c(Cl)cccc1Nc1ncnc(N2CCC(Cc3ccccc3)CC2)c1N. The van der Waals surface area contributed by atoms with E-state index in [1.165, 1.54) is 5.56 Å². The summed E-state index contributed by atoms with van der Waals surface area (Å²) < 4.78 is 0. The largest absolute Gasteiger partial charge is 0.393 e. The molecule has 150 valence electrons. The normalized spacial score (nSPS) is 14.8. The molecule has 0 unspecified atom stereocenters. The second kappa shape index (κ2) is 8.70. The Balaban J connectivity index is 1.45. The number of hydrogen-bond acceptors (Lipinski definition) is 5. The summed E-state index contributed by atoms with van der Waals surface area (Å²) >= 11 is 6.23. The zero-order valence-corrected chi connectivity index (χ0v) is 17.4. The number of piperidine rings is 1. The fourth-order valence-corrected chi connectivity index (χ4v) is 4.08. The average molecular weight is 408 g/mol. The van der Waals surface area contributed by atoms with Crippen LogP contribution in [0.15, 0.2) is 54.9 Å². The molecular formula is C23H26ClN5. The molecule has 0 radical (unpaired) electrons. The Kier molecular flexibility index (Phi) is 5.86. The minimum absolute atomic E-state index is 0.577. The molecule has 0 saturated carbocycles. The molecule has 29 heavy (non-hydrogen) atoms. The molecular weight excluding hydrogens is 382 g/mol. The molecule has 1 fully saturated rings. The number of benzene rings is 2. The maximum Gasteiger partial charge on any atom is 0.159 e. The lowest BCUT2D eigenvalue weighted by atomic mass is 9.90. The van der Waals surface area contributed by atoms with Crippen molar-refractivity contribution < 1.29 is 0 Å². The monoisotopic (exact) mass is 407 g/mol. The van der Waals surface area contributed by atoms with Gasteiger partial charge in [0.25, 0.3) is 0 Å². The van der Waals surface area contributed by atoms with Gasteiger partial charge in [0.15, 0.2) is 11.6 Å². The Labute approximate surface area is 176 Å². The molecule has 0 aliphatic carbocycles. The van der Waals surface area contributed by atoms with E-state index in [-0.39, 0.29) is 0 Å². The quantitative estimate of drug-likeness (QED) is 0.606. The number of nitrogens with one attached hydrogen (secondary N) is 1. The van der Waals surface area contributed by atoms with Crippen molar-refractivity contribution in [3.05, 3.63) is 71.0 Å². The highest BCUT2D eigenvalue weighted by Crippen LogP contribution is 2.33. The summed E-state index contributed by atoms with van der Waals surface area (Å²) in [7, 11) is 0. The summed E-state index contributed by atoms with van der Waals surface area (Å²) in [5.41, 5.74) is 10.3. The number of aromatic nitrogens is 2. The first-order valence-electron chi connectivity index (χ1n) is 10.0. The van der Waals surface area contributed by atoms with Crippen LogP contribution in [0.1, 0.15) is 24.0 Å². The van der Waals surface area contributed by atoms with Crippen molar-refractivity contribution in [2.45, 2.75) is 26.2 Å². The van der Waals surface area contributed by atoms with Gasteiger partial charge in [-0.05, 0) is 55.4 Å². The van der Waals surface area contributed by atoms with Crippen molar-refractivity contribution in [2.75, 3.05) is 29.0 Å². The Bertz CT molecular complexity index is 968. The third kappa shape index (κ3) is 4.46. The predicted octanol–water partition coefficient (Wildman–Crippen LogP) is 5.22. The molecule has 0 atom stereocenters. The van der Waals surface area contributed by atoms with Crippen molar-refractivity contribution in [1.82, 2.24) is 9.97 Å². The van der Waals surface area contributed by atoms with Crippen molar-refractivity contribution in [3.63, 3.8) is 0 Å². The Hall–Kier alpha value is -2.79. The van der Waals surface area contributed by atoms with Crippen LogP contribution in [0.5, 0.6) is 0 Å². The van der Waals surface area contributed by atoms with E-state index < -0.39 is 0 Å². The first kappa shape index (κ1) is 19.5. The summed E-state index contributed by atoms with van der Waals surface area (Å²) in [5.74, 6) is 2.12. The smallest absolute Gasteiger partial charge is 0.159 e. The van der Waals surface area contributed by atoms with Crippen molar-refractivity contribution in [3.8, 4) is 0 Å². The summed E-state index contributed by atoms with van der Waals surface area (Å²) in [6.07, 6.45) is 4.97. The van der Waals surface area contributed by atoms with E-state index in [4.69, 9.17) is 17.3 Å². The maximum atomic E-state index is 6.45. The van der Waals surface area contributed by atoms with E-state index >= 15 is 0 Å². The Morgan fingerprint density at radius 3 is 2.59 bits per heavy atom. The fraction of sp³-hybridized carbons (Fsp3) is 0.304. The van der Waals surface area contributed by atoms with Gasteiger partial charge in [-0.2, -0.15) is 0 Å². The third-order valence-corrected chi connectivity index (χ3v) is 6.07. The van der Waals surface area contributed by atoms with Crippen LogP contribution in [0.2, 0.25) is 5.02 Å². The molecule has 2 heterocycles. The molecule has 1 aliphatic rings. The highest BCUT2D eigenvalue weighted by atomic mass is 35.5. The number of nitrogens with zero attached hydrogens (tertiary/aromatic N) is 3. The molecule has 0 amide bonds. The summed E-state index contributed by atoms with van der Waals surface area (Å²) in [6.45, 7) is 3.88. The zero-order valence-electron chi connectivity index (χ0n) is 16.6. The van der Waals surface area contributed by atoms with E-state index in [9.17, 15) is 0 Å². The highest BCUT2D eigenvalue weighted by molar-refractivity contribution is 6.31. The number of hydrogen-bond donors (Lipinski definition) is 2. The number of nitrogens with two attached hydrogens (primary N) is 1. The minimum Gasteiger partial charge on any atom is -0.393 e. The maximum absolute atomic E-state index is 6.45. The van der Waals surface area contributed by atoms with E-state index in [2.05, 4.69) is 50.5 Å². The second-order valence-electron chi connectivity index (χ2n) is 7.62. The van der Waals surface area contributed by atoms with Crippen LogP contribution >= 0.6 is 11.6 Å². The van der Waals surface area contributed by atoms with Crippen LogP contribution < -0.4 is 16.0 Å². The molecule has 3 N–H and O–H groups in total. The van der Waals surface area contributed by atoms with Crippen LogP contribution in [-0.4, -0.2) is 23.1 Å². The van der Waals surface area contributed by atoms with Gasteiger partial charge in [0.2, 0.25) is 0 Å². The minimum atomic E-state index is 0.577. The van der Waals surface area contributed by atoms with Gasteiger partial charge < -0.3 is 16.0 Å². The Morgan fingerprint density at radius 2 is 1.83 bits per heavy atom. The molecule has 1 aliphatic heterocycles. The molecule has 0 bridgehead atoms. The topological polar surface area (TPSA) is 67.1 Å². The second-order valence-corrected chi connectivity index (χ2v) is 8.02. The molecule has 5 nitrogen and oxygen atoms in total. The van der Waals surface area contributed by atoms with Gasteiger partial charge in [0, 0.05) is 23.8 Å². The number of rotatable bonds is 5. The number of anilines is 4. The lowest BCUT2D eigenvalue weighted by Gasteiger charge is -2.33. The summed E-state index contributed by atoms with van der Waals surface area (Å²) in [5, 5.41) is 4.03. The third-order valence-electron chi connectivity index (χ3n) is 5.66. The van der Waals surface area contributed by atoms with Crippen molar-refractivity contribution in [1.29, 1.82) is 0 Å². The van der Waals surface area contributed by atoms with Gasteiger partial charge in [0.05, 0.1) is 0 Å². The molecule has 0 spiro atoms. The van der Waals surface area contributed by atoms with E-state index in [0.717, 1.165) is 49.4 Å². The van der Waals surface area contributed by atoms with Gasteiger partial charge in [-0.25, -0.2) is 9.97 Å². The Morgan fingerprint density at radius 1 is 1.07 bits per heavy atom. The van der Waals surface area contributed by atoms with Gasteiger partial charge in [-0.3, -0.25) is 0 Å². The van der Waals surface area contributed by atoms with Crippen LogP contribution in [0, 0.1) is 12.8 Å². The lowest BCUT2D eigenvalue weighted by molar-refractivity contribution is 0.402. The van der Waals surface area contributed by atoms with Crippen molar-refractivity contribution in [2.24, 2.45) is 5.92 Å². The molecule has 1 saturated heterocycles. The van der Waals surface area contributed by atoms with Crippen LogP contribution in [-0.2, 0) is 6.42 Å². The predicted molar refractivity (Wildman–Crippen MR) is 121 cm³/mol. The zero-order chi connectivity index (χ0) is 20.2. The molecule has 6 heteroatoms. The average Bonchev–Trinajstić information content (AvgIpc) is 2.74. The van der Waals surface area contributed by atoms with Gasteiger partial charge in [-0.1, -0.05) is 48.0 Å². The number of nitrogen functional groups attached to an aromatic ring is 1. The number of halogens is 1. The first-order valence-corrected chi connectivity index (χ1v) is 10.4. The first-order chi connectivity index (χ1) is 14.1. The van der Waals surface area contributed by atoms with Crippen LogP contribution in [0.25, 0.3) is 0 Å². The van der Waals surface area contributed by atoms with Crippen LogP contribution in [0.4, 0.5) is 23.0 Å². The van der Waals surface area contributed by atoms with Crippen LogP contribution in [0.3, 0.4) is 0 Å². The van der Waals surface area contributed by atoms with Crippen molar-refractivity contribution >= 4 is 34.6 Å².